The second-order valence-electron chi connectivity index (χ2n) is 30.2. The van der Waals surface area contributed by atoms with E-state index in [1.54, 1.807) is 0 Å². The summed E-state index contributed by atoms with van der Waals surface area (Å²) in [5.41, 5.74) is 0. The van der Waals surface area contributed by atoms with Gasteiger partial charge in [-0.25, -0.2) is 9.13 Å². The number of phosphoric ester groups is 2. The highest BCUT2D eigenvalue weighted by molar-refractivity contribution is 7.47. The zero-order chi connectivity index (χ0) is 73.1. The Balaban J connectivity index is 5.25. The number of ether oxygens (including phenoxy) is 4. The molecule has 4 unspecified atom stereocenters. The molecule has 588 valence electrons. The lowest BCUT2D eigenvalue weighted by Crippen LogP contribution is -2.30. The largest absolute Gasteiger partial charge is 0.472 e. The SMILES string of the molecule is CCC(C)CCCCCCCCCCCCC(=O)OC[C@H](COP(=O)(O)OC[C@@H](O)COP(=O)(O)OC[C@@H](COC(=O)CCCCCCCCC(C)CC)OC(=O)CCCCCCCCCCCCCCCCC(C)C)OC(=O)CCCCCCCCCCCCCCCCCC(C)C. The number of phosphoric acid groups is 2. The molecular weight excluding hydrogens is 1290 g/mol. The Hall–Kier alpha value is -1.94. The highest BCUT2D eigenvalue weighted by atomic mass is 31.2. The van der Waals surface area contributed by atoms with E-state index in [0.717, 1.165) is 120 Å². The first-order valence-electron chi connectivity index (χ1n) is 41.3. The van der Waals surface area contributed by atoms with Gasteiger partial charge in [-0.3, -0.25) is 37.3 Å². The van der Waals surface area contributed by atoms with E-state index in [9.17, 15) is 43.2 Å². The topological polar surface area (TPSA) is 237 Å². The molecule has 0 fully saturated rings. The summed E-state index contributed by atoms with van der Waals surface area (Å²) in [5, 5.41) is 10.6. The number of rotatable bonds is 77. The Morgan fingerprint density at radius 3 is 0.717 bits per heavy atom. The second-order valence-corrected chi connectivity index (χ2v) is 33.1. The van der Waals surface area contributed by atoms with Crippen LogP contribution in [0.15, 0.2) is 0 Å². The number of esters is 4. The van der Waals surface area contributed by atoms with Crippen LogP contribution in [0.25, 0.3) is 0 Å². The average molecular weight is 1450 g/mol. The zero-order valence-corrected chi connectivity index (χ0v) is 66.9. The van der Waals surface area contributed by atoms with Gasteiger partial charge in [0, 0.05) is 25.7 Å². The minimum absolute atomic E-state index is 0.106. The fourth-order valence-electron chi connectivity index (χ4n) is 12.2. The molecule has 0 aliphatic rings. The molecule has 0 aliphatic carbocycles. The Morgan fingerprint density at radius 2 is 0.485 bits per heavy atom. The van der Waals surface area contributed by atoms with E-state index in [1.807, 2.05) is 0 Å². The third-order valence-electron chi connectivity index (χ3n) is 19.3. The smallest absolute Gasteiger partial charge is 0.462 e. The van der Waals surface area contributed by atoms with Crippen molar-refractivity contribution in [1.29, 1.82) is 0 Å². The molecule has 0 aromatic heterocycles. The first-order valence-corrected chi connectivity index (χ1v) is 44.3. The lowest BCUT2D eigenvalue weighted by Gasteiger charge is -2.21. The van der Waals surface area contributed by atoms with E-state index in [4.69, 9.17) is 37.0 Å². The van der Waals surface area contributed by atoms with E-state index >= 15 is 0 Å². The molecule has 0 saturated carbocycles. The molecule has 0 aliphatic heterocycles. The van der Waals surface area contributed by atoms with Gasteiger partial charge in [-0.2, -0.15) is 0 Å². The van der Waals surface area contributed by atoms with Gasteiger partial charge in [0.25, 0.3) is 0 Å². The third-order valence-corrected chi connectivity index (χ3v) is 21.2. The Labute approximate surface area is 607 Å². The highest BCUT2D eigenvalue weighted by Gasteiger charge is 2.30. The van der Waals surface area contributed by atoms with Crippen molar-refractivity contribution < 1.29 is 80.2 Å². The van der Waals surface area contributed by atoms with Crippen LogP contribution in [0.1, 0.15) is 409 Å². The predicted molar refractivity (Wildman–Crippen MR) is 404 cm³/mol. The van der Waals surface area contributed by atoms with Crippen LogP contribution < -0.4 is 0 Å². The quantitative estimate of drug-likeness (QED) is 0.0222. The van der Waals surface area contributed by atoms with Crippen molar-refractivity contribution in [1.82, 2.24) is 0 Å². The monoisotopic (exact) mass is 1450 g/mol. The Morgan fingerprint density at radius 1 is 0.283 bits per heavy atom. The summed E-state index contributed by atoms with van der Waals surface area (Å²) < 4.78 is 68.7. The molecule has 0 amide bonds. The van der Waals surface area contributed by atoms with E-state index in [2.05, 4.69) is 55.4 Å². The molecule has 0 radical (unpaired) electrons. The number of aliphatic hydroxyl groups is 1. The molecule has 17 nitrogen and oxygen atoms in total. The second kappa shape index (κ2) is 69.1. The number of carbonyl (C=O) groups excluding carboxylic acids is 4. The van der Waals surface area contributed by atoms with Gasteiger partial charge >= 0.3 is 39.5 Å². The maximum absolute atomic E-state index is 13.1. The van der Waals surface area contributed by atoms with E-state index in [-0.39, 0.29) is 25.7 Å². The van der Waals surface area contributed by atoms with Crippen molar-refractivity contribution in [2.75, 3.05) is 39.6 Å². The van der Waals surface area contributed by atoms with Crippen LogP contribution in [0.3, 0.4) is 0 Å². The summed E-state index contributed by atoms with van der Waals surface area (Å²) in [6.45, 7) is 14.3. The minimum atomic E-state index is -4.96. The number of unbranched alkanes of at least 4 members (excludes halogenated alkanes) is 41. The predicted octanol–water partition coefficient (Wildman–Crippen LogP) is 23.6. The van der Waals surface area contributed by atoms with Crippen LogP contribution in [0.5, 0.6) is 0 Å². The minimum Gasteiger partial charge on any atom is -0.462 e. The number of carbonyl (C=O) groups is 4. The first-order chi connectivity index (χ1) is 47.7. The molecule has 0 spiro atoms. The highest BCUT2D eigenvalue weighted by Crippen LogP contribution is 2.45. The molecule has 0 heterocycles. The number of hydrogen-bond acceptors (Lipinski definition) is 15. The average Bonchev–Trinajstić information content (AvgIpc) is 1.01. The van der Waals surface area contributed by atoms with Crippen molar-refractivity contribution in [3.63, 3.8) is 0 Å². The van der Waals surface area contributed by atoms with Crippen molar-refractivity contribution in [2.24, 2.45) is 23.7 Å². The van der Waals surface area contributed by atoms with Crippen molar-refractivity contribution in [3.8, 4) is 0 Å². The van der Waals surface area contributed by atoms with Crippen LogP contribution in [-0.4, -0.2) is 96.7 Å². The van der Waals surface area contributed by atoms with Crippen molar-refractivity contribution in [3.05, 3.63) is 0 Å². The van der Waals surface area contributed by atoms with Crippen LogP contribution >= 0.6 is 15.6 Å². The number of hydrogen-bond donors (Lipinski definition) is 3. The van der Waals surface area contributed by atoms with Gasteiger partial charge in [0.1, 0.15) is 19.3 Å². The van der Waals surface area contributed by atoms with Gasteiger partial charge in [0.05, 0.1) is 26.4 Å². The van der Waals surface area contributed by atoms with Gasteiger partial charge < -0.3 is 33.8 Å². The summed E-state index contributed by atoms with van der Waals surface area (Å²) in [7, 11) is -9.92. The third kappa shape index (κ3) is 71.5. The molecular formula is C80H156O17P2. The summed E-state index contributed by atoms with van der Waals surface area (Å²) >= 11 is 0. The lowest BCUT2D eigenvalue weighted by molar-refractivity contribution is -0.161. The first kappa shape index (κ1) is 97.1. The molecule has 0 bridgehead atoms. The lowest BCUT2D eigenvalue weighted by atomic mass is 9.99. The molecule has 99 heavy (non-hydrogen) atoms. The van der Waals surface area contributed by atoms with Gasteiger partial charge in [0.2, 0.25) is 0 Å². The summed E-state index contributed by atoms with van der Waals surface area (Å²) in [5.74, 6) is 1.02. The number of aliphatic hydroxyl groups excluding tert-OH is 1. The molecule has 0 saturated heterocycles. The Bertz CT molecular complexity index is 1940. The van der Waals surface area contributed by atoms with Crippen molar-refractivity contribution in [2.45, 2.75) is 427 Å². The molecule has 0 aromatic carbocycles. The van der Waals surface area contributed by atoms with Crippen LogP contribution in [0.4, 0.5) is 0 Å². The summed E-state index contributed by atoms with van der Waals surface area (Å²) in [6, 6.07) is 0. The Kier molecular flexibility index (Phi) is 67.8. The van der Waals surface area contributed by atoms with E-state index < -0.39 is 97.5 Å². The van der Waals surface area contributed by atoms with Gasteiger partial charge in [-0.15, -0.1) is 0 Å². The maximum Gasteiger partial charge on any atom is 0.472 e. The van der Waals surface area contributed by atoms with Crippen LogP contribution in [0, 0.1) is 23.7 Å². The molecule has 0 rings (SSSR count). The van der Waals surface area contributed by atoms with Crippen LogP contribution in [0.2, 0.25) is 0 Å². The molecule has 7 atom stereocenters. The summed E-state index contributed by atoms with van der Waals surface area (Å²) in [6.07, 6.45) is 55.4. The molecule has 3 N–H and O–H groups in total. The van der Waals surface area contributed by atoms with Gasteiger partial charge in [0.15, 0.2) is 12.2 Å². The van der Waals surface area contributed by atoms with Crippen molar-refractivity contribution >= 4 is 39.5 Å². The standard InChI is InChI=1S/C80H156O17P2/c1-9-72(7)58-50-42-34-28-24-25-29-35-44-52-60-77(82)90-66-75(96-79(84)62-54-46-36-30-22-18-13-11-12-16-20-26-32-40-48-56-70(3)4)68-94-98(86,87)92-64-74(81)65-93-99(88,89)95-69-76(67-91-78(83)61-53-45-39-38-43-51-59-73(8)10-2)97-80(85)63-55-47-37-31-23-19-15-14-17-21-27-33-41-49-57-71(5)6/h70-76,81H,9-69H2,1-8H3,(H,86,87)(H,88,89)/t72?,73?,74-,75-,76-/m1/s1. The fourth-order valence-corrected chi connectivity index (χ4v) is 13.8. The zero-order valence-electron chi connectivity index (χ0n) is 65.1. The normalized spacial score (nSPS) is 14.6. The fraction of sp³-hybridized carbons (Fsp3) is 0.950. The molecule has 19 heteroatoms. The van der Waals surface area contributed by atoms with Gasteiger partial charge in [-0.1, -0.05) is 357 Å². The van der Waals surface area contributed by atoms with E-state index in [1.165, 1.54) is 205 Å². The van der Waals surface area contributed by atoms with Gasteiger partial charge in [-0.05, 0) is 49.4 Å². The van der Waals surface area contributed by atoms with Crippen LogP contribution in [-0.2, 0) is 65.4 Å². The molecule has 0 aromatic rings. The summed E-state index contributed by atoms with van der Waals surface area (Å²) in [4.78, 5) is 73.0. The van der Waals surface area contributed by atoms with E-state index in [0.29, 0.717) is 25.7 Å². The maximum atomic E-state index is 13.1.